The predicted octanol–water partition coefficient (Wildman–Crippen LogP) is 2.19. The second-order valence-corrected chi connectivity index (χ2v) is 12.6. The van der Waals surface area contributed by atoms with Gasteiger partial charge in [-0.15, -0.1) is 0 Å². The molecule has 8 nitrogen and oxygen atoms in total. The molecule has 2 amide bonds. The number of hydrogen-bond donors (Lipinski definition) is 2. The lowest BCUT2D eigenvalue weighted by Crippen LogP contribution is -2.49. The monoisotopic (exact) mass is 448 g/mol. The smallest absolute Gasteiger partial charge is 0.241 e. The molecule has 0 spiro atoms. The fraction of sp³-hybridized carbons (Fsp3) is 0.591. The molecule has 1 fully saturated rings. The van der Waals surface area contributed by atoms with Crippen LogP contribution in [0.4, 0.5) is 0 Å². The van der Waals surface area contributed by atoms with Crippen LogP contribution in [-0.4, -0.2) is 41.1 Å². The van der Waals surface area contributed by atoms with Crippen LogP contribution in [0.25, 0.3) is 11.0 Å². The second kappa shape index (κ2) is 7.93. The van der Waals surface area contributed by atoms with Gasteiger partial charge in [-0.1, -0.05) is 20.8 Å². The number of primary amides is 1. The van der Waals surface area contributed by atoms with E-state index < -0.39 is 32.9 Å². The van der Waals surface area contributed by atoms with Crippen LogP contribution in [0.2, 0.25) is 0 Å². The molecular formula is C22H32N4O4S. The highest BCUT2D eigenvalue weighted by Crippen LogP contribution is 2.35. The van der Waals surface area contributed by atoms with Crippen LogP contribution in [0.1, 0.15) is 53.3 Å². The number of nitrogens with one attached hydrogen (secondary N) is 1. The molecule has 1 aromatic carbocycles. The van der Waals surface area contributed by atoms with E-state index in [9.17, 15) is 18.0 Å². The van der Waals surface area contributed by atoms with Crippen molar-refractivity contribution in [2.24, 2.45) is 17.1 Å². The van der Waals surface area contributed by atoms with Crippen LogP contribution < -0.4 is 11.1 Å². The zero-order valence-electron chi connectivity index (χ0n) is 18.9. The van der Waals surface area contributed by atoms with E-state index in [1.54, 1.807) is 12.1 Å². The lowest BCUT2D eigenvalue weighted by atomic mass is 9.92. The lowest BCUT2D eigenvalue weighted by Gasteiger charge is -2.23. The first kappa shape index (κ1) is 23.2. The number of carbonyl (C=O) groups excluding carboxylic acids is 2. The summed E-state index contributed by atoms with van der Waals surface area (Å²) >= 11 is 0. The Kier molecular flexibility index (Phi) is 5.94. The van der Waals surface area contributed by atoms with Crippen molar-refractivity contribution < 1.29 is 18.0 Å². The number of carbonyl (C=O) groups is 2. The van der Waals surface area contributed by atoms with Crippen LogP contribution in [0.3, 0.4) is 0 Å². The molecule has 0 unspecified atom stereocenters. The van der Waals surface area contributed by atoms with Crippen LogP contribution in [-0.2, 0) is 32.4 Å². The molecule has 3 rings (SSSR count). The Morgan fingerprint density at radius 3 is 2.39 bits per heavy atom. The number of benzene rings is 1. The Hall–Kier alpha value is -2.42. The summed E-state index contributed by atoms with van der Waals surface area (Å²) in [4.78, 5) is 28.2. The van der Waals surface area contributed by atoms with Gasteiger partial charge in [-0.2, -0.15) is 0 Å². The van der Waals surface area contributed by atoms with Crippen molar-refractivity contribution in [1.29, 1.82) is 0 Å². The van der Waals surface area contributed by atoms with E-state index in [0.29, 0.717) is 11.4 Å². The molecule has 0 saturated heterocycles. The number of hydrogen-bond acceptors (Lipinski definition) is 5. The molecule has 0 atom stereocenters. The SMILES string of the molecule is CC(C)(C)Cc1nc2cc(S(=O)(=O)C(C)(C)C(=O)NCC(N)=O)ccc2n1CC1CC1. The highest BCUT2D eigenvalue weighted by atomic mass is 32.2. The molecule has 2 aromatic rings. The van der Waals surface area contributed by atoms with Gasteiger partial charge in [0.15, 0.2) is 9.84 Å². The molecule has 1 aromatic heterocycles. The number of sulfone groups is 1. The van der Waals surface area contributed by atoms with Crippen molar-refractivity contribution in [2.45, 2.75) is 70.1 Å². The number of nitrogens with zero attached hydrogens (tertiary/aromatic N) is 2. The standard InChI is InChI=1S/C22H32N4O4S/c1-21(2,3)11-19-25-16-10-15(8-9-17(16)26(19)13-14-6-7-14)31(29,30)22(4,5)20(28)24-12-18(23)27/h8-10,14H,6-7,11-13H2,1-5H3,(H2,23,27)(H,24,28). The van der Waals surface area contributed by atoms with Gasteiger partial charge in [0.2, 0.25) is 11.8 Å². The predicted molar refractivity (Wildman–Crippen MR) is 119 cm³/mol. The van der Waals surface area contributed by atoms with Gasteiger partial charge in [-0.05, 0) is 56.2 Å². The molecule has 1 saturated carbocycles. The van der Waals surface area contributed by atoms with Gasteiger partial charge in [-0.3, -0.25) is 9.59 Å². The summed E-state index contributed by atoms with van der Waals surface area (Å²) in [5.41, 5.74) is 6.60. The maximum atomic E-state index is 13.3. The molecule has 1 heterocycles. The molecule has 9 heteroatoms. The second-order valence-electron chi connectivity index (χ2n) is 10.1. The summed E-state index contributed by atoms with van der Waals surface area (Å²) in [6.07, 6.45) is 3.18. The fourth-order valence-corrected chi connectivity index (χ4v) is 4.91. The van der Waals surface area contributed by atoms with Gasteiger partial charge < -0.3 is 15.6 Å². The van der Waals surface area contributed by atoms with Gasteiger partial charge >= 0.3 is 0 Å². The minimum Gasteiger partial charge on any atom is -0.368 e. The number of amides is 2. The third-order valence-electron chi connectivity index (χ3n) is 5.58. The van der Waals surface area contributed by atoms with Crippen molar-refractivity contribution in [3.05, 3.63) is 24.0 Å². The van der Waals surface area contributed by atoms with Crippen molar-refractivity contribution >= 4 is 32.7 Å². The molecule has 0 radical (unpaired) electrons. The van der Waals surface area contributed by atoms with Crippen molar-refractivity contribution in [2.75, 3.05) is 6.54 Å². The largest absolute Gasteiger partial charge is 0.368 e. The Morgan fingerprint density at radius 2 is 1.84 bits per heavy atom. The van der Waals surface area contributed by atoms with E-state index in [4.69, 9.17) is 10.7 Å². The average Bonchev–Trinajstić information content (AvgIpc) is 3.40. The Morgan fingerprint density at radius 1 is 1.19 bits per heavy atom. The van der Waals surface area contributed by atoms with Crippen LogP contribution in [0, 0.1) is 11.3 Å². The molecule has 1 aliphatic rings. The molecule has 3 N–H and O–H groups in total. The van der Waals surface area contributed by atoms with Gasteiger partial charge in [0, 0.05) is 13.0 Å². The van der Waals surface area contributed by atoms with E-state index in [1.165, 1.54) is 32.8 Å². The van der Waals surface area contributed by atoms with Crippen molar-refractivity contribution in [3.63, 3.8) is 0 Å². The third kappa shape index (κ3) is 4.92. The Balaban J connectivity index is 2.01. The maximum Gasteiger partial charge on any atom is 0.241 e. The first-order chi connectivity index (χ1) is 14.2. The topological polar surface area (TPSA) is 124 Å². The minimum absolute atomic E-state index is 0.0256. The molecule has 170 valence electrons. The fourth-order valence-electron chi connectivity index (χ4n) is 3.50. The number of nitrogens with two attached hydrogens (primary N) is 1. The first-order valence-corrected chi connectivity index (χ1v) is 12.0. The quantitative estimate of drug-likeness (QED) is 0.640. The van der Waals surface area contributed by atoms with Gasteiger partial charge in [0.05, 0.1) is 22.5 Å². The summed E-state index contributed by atoms with van der Waals surface area (Å²) in [6, 6.07) is 4.86. The maximum absolute atomic E-state index is 13.3. The summed E-state index contributed by atoms with van der Waals surface area (Å²) in [7, 11) is -4.04. The highest BCUT2D eigenvalue weighted by Gasteiger charge is 2.43. The van der Waals surface area contributed by atoms with Crippen LogP contribution in [0.15, 0.2) is 23.1 Å². The van der Waals surface area contributed by atoms with Crippen LogP contribution in [0.5, 0.6) is 0 Å². The molecule has 1 aliphatic carbocycles. The van der Waals surface area contributed by atoms with Gasteiger partial charge in [-0.25, -0.2) is 13.4 Å². The van der Waals surface area contributed by atoms with Gasteiger partial charge in [0.25, 0.3) is 0 Å². The van der Waals surface area contributed by atoms with E-state index >= 15 is 0 Å². The summed E-state index contributed by atoms with van der Waals surface area (Å²) < 4.78 is 27.0. The first-order valence-electron chi connectivity index (χ1n) is 10.5. The average molecular weight is 449 g/mol. The molecule has 31 heavy (non-hydrogen) atoms. The van der Waals surface area contributed by atoms with E-state index in [2.05, 4.69) is 30.7 Å². The zero-order valence-corrected chi connectivity index (χ0v) is 19.7. The molecular weight excluding hydrogens is 416 g/mol. The highest BCUT2D eigenvalue weighted by molar-refractivity contribution is 7.93. The lowest BCUT2D eigenvalue weighted by molar-refractivity contribution is -0.126. The van der Waals surface area contributed by atoms with Gasteiger partial charge in [0.1, 0.15) is 10.6 Å². The van der Waals surface area contributed by atoms with Crippen molar-refractivity contribution in [3.8, 4) is 0 Å². The normalized spacial score (nSPS) is 15.3. The Labute approximate surface area is 183 Å². The summed E-state index contributed by atoms with van der Waals surface area (Å²) in [5.74, 6) is 0.0736. The van der Waals surface area contributed by atoms with Crippen molar-refractivity contribution in [1.82, 2.24) is 14.9 Å². The number of rotatable bonds is 8. The zero-order chi connectivity index (χ0) is 23.2. The summed E-state index contributed by atoms with van der Waals surface area (Å²) in [5, 5.41) is 2.29. The third-order valence-corrected chi connectivity index (χ3v) is 7.98. The number of fused-ring (bicyclic) bond motifs is 1. The number of aromatic nitrogens is 2. The van der Waals surface area contributed by atoms with Crippen LogP contribution >= 0.6 is 0 Å². The summed E-state index contributed by atoms with van der Waals surface area (Å²) in [6.45, 7) is 9.55. The van der Waals surface area contributed by atoms with E-state index in [0.717, 1.165) is 24.3 Å². The molecule has 0 aliphatic heterocycles. The number of imidazole rings is 1. The minimum atomic E-state index is -4.04. The molecule has 0 bridgehead atoms. The Bertz CT molecular complexity index is 1120. The van der Waals surface area contributed by atoms with E-state index in [1.807, 2.05) is 0 Å². The van der Waals surface area contributed by atoms with E-state index in [-0.39, 0.29) is 10.3 Å².